The van der Waals surface area contributed by atoms with Gasteiger partial charge in [0.25, 0.3) is 0 Å². The molecule has 2 atom stereocenters. The van der Waals surface area contributed by atoms with E-state index in [-0.39, 0.29) is 29.4 Å². The van der Waals surface area contributed by atoms with Crippen molar-refractivity contribution in [2.45, 2.75) is 46.1 Å². The number of para-hydroxylation sites is 1. The Morgan fingerprint density at radius 1 is 1.32 bits per heavy atom. The highest BCUT2D eigenvalue weighted by Gasteiger charge is 2.35. The Kier molecular flexibility index (Phi) is 7.14. The standard InChI is InChI=1S/C20H31N3O.HI/c1-20(2,3)18-16(9-7-13-24-18)14-22-19(21-4)23-12-11-15-8-5-6-10-17(15)23;/h5-6,8,10,16,18H,7,9,11-14H2,1-4H3,(H,21,22);1H. The minimum atomic E-state index is 0. The van der Waals surface area contributed by atoms with Crippen LogP contribution >= 0.6 is 24.0 Å². The minimum Gasteiger partial charge on any atom is -0.377 e. The molecule has 1 saturated heterocycles. The predicted octanol–water partition coefficient (Wildman–Crippen LogP) is 4.08. The lowest BCUT2D eigenvalue weighted by Crippen LogP contribution is -2.48. The summed E-state index contributed by atoms with van der Waals surface area (Å²) in [6.07, 6.45) is 3.78. The number of halogens is 1. The van der Waals surface area contributed by atoms with Gasteiger partial charge in [-0.05, 0) is 36.3 Å². The second kappa shape index (κ2) is 8.71. The molecule has 2 aliphatic rings. The molecule has 1 aromatic carbocycles. The van der Waals surface area contributed by atoms with Crippen molar-refractivity contribution in [1.29, 1.82) is 0 Å². The largest absolute Gasteiger partial charge is 0.377 e. The SMILES string of the molecule is CN=C(NCC1CCCOC1C(C)(C)C)N1CCc2ccccc21.I. The third-order valence-corrected chi connectivity index (χ3v) is 5.18. The van der Waals surface area contributed by atoms with Crippen LogP contribution in [0, 0.1) is 11.3 Å². The number of ether oxygens (including phenoxy) is 1. The van der Waals surface area contributed by atoms with Gasteiger partial charge in [0.15, 0.2) is 5.96 Å². The van der Waals surface area contributed by atoms with Crippen LogP contribution in [0.2, 0.25) is 0 Å². The summed E-state index contributed by atoms with van der Waals surface area (Å²) in [4.78, 5) is 6.84. The van der Waals surface area contributed by atoms with Gasteiger partial charge in [0, 0.05) is 38.3 Å². The Morgan fingerprint density at radius 3 is 2.80 bits per heavy atom. The molecule has 0 aliphatic carbocycles. The summed E-state index contributed by atoms with van der Waals surface area (Å²) in [5, 5.41) is 3.62. The number of fused-ring (bicyclic) bond motifs is 1. The van der Waals surface area contributed by atoms with Crippen molar-refractivity contribution in [3.63, 3.8) is 0 Å². The molecule has 1 N–H and O–H groups in total. The second-order valence-corrected chi connectivity index (χ2v) is 8.02. The summed E-state index contributed by atoms with van der Waals surface area (Å²) in [5.41, 5.74) is 2.88. The molecule has 1 aromatic rings. The fraction of sp³-hybridized carbons (Fsp3) is 0.650. The first-order valence-electron chi connectivity index (χ1n) is 9.18. The molecule has 0 aromatic heterocycles. The van der Waals surface area contributed by atoms with Crippen LogP contribution in [0.3, 0.4) is 0 Å². The zero-order valence-corrected chi connectivity index (χ0v) is 18.2. The molecule has 3 rings (SSSR count). The maximum Gasteiger partial charge on any atom is 0.198 e. The topological polar surface area (TPSA) is 36.9 Å². The molecule has 2 heterocycles. The molecule has 0 radical (unpaired) electrons. The lowest BCUT2D eigenvalue weighted by Gasteiger charge is -2.40. The molecule has 0 bridgehead atoms. The number of guanidine groups is 1. The van der Waals surface area contributed by atoms with Crippen LogP contribution in [0.25, 0.3) is 0 Å². The zero-order valence-electron chi connectivity index (χ0n) is 15.9. The monoisotopic (exact) mass is 457 g/mol. The van der Waals surface area contributed by atoms with Crippen LogP contribution < -0.4 is 10.2 Å². The van der Waals surface area contributed by atoms with E-state index in [1.807, 2.05) is 7.05 Å². The van der Waals surface area contributed by atoms with Crippen LogP contribution in [0.15, 0.2) is 29.3 Å². The highest BCUT2D eigenvalue weighted by atomic mass is 127. The van der Waals surface area contributed by atoms with E-state index in [9.17, 15) is 0 Å². The normalized spacial score (nSPS) is 23.8. The van der Waals surface area contributed by atoms with Gasteiger partial charge in [0.2, 0.25) is 0 Å². The van der Waals surface area contributed by atoms with Gasteiger partial charge in [-0.25, -0.2) is 0 Å². The van der Waals surface area contributed by atoms with E-state index in [2.05, 4.69) is 60.2 Å². The lowest BCUT2D eigenvalue weighted by molar-refractivity contribution is -0.0835. The molecule has 0 spiro atoms. The van der Waals surface area contributed by atoms with Gasteiger partial charge in [0.05, 0.1) is 6.10 Å². The third-order valence-electron chi connectivity index (χ3n) is 5.18. The van der Waals surface area contributed by atoms with Gasteiger partial charge in [-0.1, -0.05) is 39.0 Å². The molecule has 25 heavy (non-hydrogen) atoms. The van der Waals surface area contributed by atoms with Crippen molar-refractivity contribution >= 4 is 35.6 Å². The molecule has 140 valence electrons. The summed E-state index contributed by atoms with van der Waals surface area (Å²) in [7, 11) is 1.88. The van der Waals surface area contributed by atoms with Gasteiger partial charge < -0.3 is 15.0 Å². The lowest BCUT2D eigenvalue weighted by atomic mass is 9.78. The quantitative estimate of drug-likeness (QED) is 0.413. The maximum absolute atomic E-state index is 6.11. The number of hydrogen-bond donors (Lipinski definition) is 1. The summed E-state index contributed by atoms with van der Waals surface area (Å²) in [6, 6.07) is 8.63. The van der Waals surface area contributed by atoms with Crippen LogP contribution in [-0.2, 0) is 11.2 Å². The zero-order chi connectivity index (χ0) is 17.2. The van der Waals surface area contributed by atoms with E-state index >= 15 is 0 Å². The van der Waals surface area contributed by atoms with Crippen LogP contribution in [-0.4, -0.2) is 38.8 Å². The summed E-state index contributed by atoms with van der Waals surface area (Å²) in [6.45, 7) is 9.66. The number of rotatable bonds is 2. The number of aliphatic imine (C=N–C) groups is 1. The molecule has 0 amide bonds. The number of nitrogens with one attached hydrogen (secondary N) is 1. The van der Waals surface area contributed by atoms with E-state index in [1.165, 1.54) is 17.7 Å². The Hall–Kier alpha value is -0.820. The molecular formula is C20H32IN3O. The third kappa shape index (κ3) is 4.67. The maximum atomic E-state index is 6.11. The predicted molar refractivity (Wildman–Crippen MR) is 116 cm³/mol. The molecular weight excluding hydrogens is 425 g/mol. The number of anilines is 1. The van der Waals surface area contributed by atoms with Gasteiger partial charge >= 0.3 is 0 Å². The smallest absolute Gasteiger partial charge is 0.198 e. The fourth-order valence-corrected chi connectivity index (χ4v) is 4.09. The van der Waals surface area contributed by atoms with Gasteiger partial charge in [-0.3, -0.25) is 4.99 Å². The second-order valence-electron chi connectivity index (χ2n) is 8.02. The van der Waals surface area contributed by atoms with Crippen molar-refractivity contribution in [2.75, 3.05) is 31.6 Å². The van der Waals surface area contributed by atoms with Crippen molar-refractivity contribution in [2.24, 2.45) is 16.3 Å². The first kappa shape index (κ1) is 20.5. The Balaban J connectivity index is 0.00000225. The molecule has 1 fully saturated rings. The van der Waals surface area contributed by atoms with Crippen LogP contribution in [0.1, 0.15) is 39.2 Å². The average molecular weight is 457 g/mol. The molecule has 0 saturated carbocycles. The van der Waals surface area contributed by atoms with Crippen LogP contribution in [0.4, 0.5) is 5.69 Å². The van der Waals surface area contributed by atoms with Crippen LogP contribution in [0.5, 0.6) is 0 Å². The summed E-state index contributed by atoms with van der Waals surface area (Å²) in [5.74, 6) is 1.52. The average Bonchev–Trinajstić information content (AvgIpc) is 2.99. The molecule has 2 unspecified atom stereocenters. The Morgan fingerprint density at radius 2 is 2.08 bits per heavy atom. The number of hydrogen-bond acceptors (Lipinski definition) is 2. The number of benzene rings is 1. The van der Waals surface area contributed by atoms with E-state index in [0.29, 0.717) is 12.0 Å². The Bertz CT molecular complexity index is 597. The minimum absolute atomic E-state index is 0. The van der Waals surface area contributed by atoms with Crippen molar-refractivity contribution in [3.8, 4) is 0 Å². The highest BCUT2D eigenvalue weighted by molar-refractivity contribution is 14.0. The summed E-state index contributed by atoms with van der Waals surface area (Å²) >= 11 is 0. The van der Waals surface area contributed by atoms with E-state index in [1.54, 1.807) is 0 Å². The summed E-state index contributed by atoms with van der Waals surface area (Å²) < 4.78 is 6.11. The van der Waals surface area contributed by atoms with E-state index in [4.69, 9.17) is 4.74 Å². The van der Waals surface area contributed by atoms with Crippen molar-refractivity contribution in [1.82, 2.24) is 5.32 Å². The molecule has 2 aliphatic heterocycles. The van der Waals surface area contributed by atoms with Gasteiger partial charge in [-0.2, -0.15) is 0 Å². The first-order valence-corrected chi connectivity index (χ1v) is 9.18. The van der Waals surface area contributed by atoms with E-state index in [0.717, 1.165) is 38.5 Å². The molecule has 4 nitrogen and oxygen atoms in total. The van der Waals surface area contributed by atoms with Gasteiger partial charge in [-0.15, -0.1) is 24.0 Å². The van der Waals surface area contributed by atoms with Gasteiger partial charge in [0.1, 0.15) is 0 Å². The van der Waals surface area contributed by atoms with Crippen molar-refractivity contribution < 1.29 is 4.74 Å². The molecule has 5 heteroatoms. The first-order chi connectivity index (χ1) is 11.5. The van der Waals surface area contributed by atoms with Crippen molar-refractivity contribution in [3.05, 3.63) is 29.8 Å². The number of nitrogens with zero attached hydrogens (tertiary/aromatic N) is 2. The van der Waals surface area contributed by atoms with E-state index < -0.39 is 0 Å². The fourth-order valence-electron chi connectivity index (χ4n) is 4.09. The Labute approximate surface area is 169 Å². The highest BCUT2D eigenvalue weighted by Crippen LogP contribution is 2.34.